The summed E-state index contributed by atoms with van der Waals surface area (Å²) in [4.78, 5) is 35.2. The third kappa shape index (κ3) is 9.56. The fraction of sp³-hybridized carbons (Fsp3) is 0.414. The van der Waals surface area contributed by atoms with Crippen molar-refractivity contribution in [2.75, 3.05) is 13.1 Å². The first-order valence-corrected chi connectivity index (χ1v) is 13.8. The fourth-order valence-electron chi connectivity index (χ4n) is 4.56. The first-order valence-electron chi connectivity index (χ1n) is 13.8. The van der Waals surface area contributed by atoms with Crippen LogP contribution in [0.25, 0.3) is 0 Å². The van der Waals surface area contributed by atoms with E-state index >= 15 is 0 Å². The molecule has 0 radical (unpaired) electrons. The van der Waals surface area contributed by atoms with Gasteiger partial charge in [0.15, 0.2) is 11.8 Å². The molecule has 1 aromatic heterocycles. The van der Waals surface area contributed by atoms with Crippen LogP contribution < -0.4 is 33.6 Å². The average molecular weight is 580 g/mol. The zero-order chi connectivity index (χ0) is 30.6. The molecule has 3 atom stereocenters. The zero-order valence-electron chi connectivity index (χ0n) is 24.0. The molecule has 2 amide bonds. The fourth-order valence-corrected chi connectivity index (χ4v) is 4.56. The Kier molecular flexibility index (Phi) is 11.8. The van der Waals surface area contributed by atoms with Gasteiger partial charge in [-0.25, -0.2) is 0 Å². The highest BCUT2D eigenvalue weighted by molar-refractivity contribution is 5.90. The molecule has 13 nitrogen and oxygen atoms in total. The molecule has 2 aromatic carbocycles. The lowest BCUT2D eigenvalue weighted by Gasteiger charge is -2.24. The van der Waals surface area contributed by atoms with Crippen LogP contribution in [0.3, 0.4) is 0 Å². The van der Waals surface area contributed by atoms with Gasteiger partial charge >= 0.3 is 0 Å². The summed E-state index contributed by atoms with van der Waals surface area (Å²) in [6.07, 6.45) is 1.84. The lowest BCUT2D eigenvalue weighted by Crippen LogP contribution is -2.53. The van der Waals surface area contributed by atoms with Crippen LogP contribution in [0.1, 0.15) is 59.3 Å². The molecule has 3 unspecified atom stereocenters. The molecule has 0 spiro atoms. The van der Waals surface area contributed by atoms with Crippen LogP contribution >= 0.6 is 0 Å². The van der Waals surface area contributed by atoms with Gasteiger partial charge in [-0.2, -0.15) is 4.98 Å². The van der Waals surface area contributed by atoms with Gasteiger partial charge in [-0.15, -0.1) is 0 Å². The van der Waals surface area contributed by atoms with Gasteiger partial charge in [0.1, 0.15) is 17.8 Å². The van der Waals surface area contributed by atoms with Crippen molar-refractivity contribution in [3.63, 3.8) is 0 Å². The van der Waals surface area contributed by atoms with Gasteiger partial charge < -0.3 is 43.2 Å². The molecule has 3 rings (SSSR count). The van der Waals surface area contributed by atoms with E-state index in [1.165, 1.54) is 0 Å². The first-order chi connectivity index (χ1) is 20.1. The number of nitrogens with two attached hydrogens (primary N) is 4. The number of hydrogen-bond donors (Lipinski definition) is 7. The molecule has 226 valence electrons. The number of rotatable bonds is 15. The van der Waals surface area contributed by atoms with Crippen molar-refractivity contribution in [3.05, 3.63) is 76.4 Å². The molecule has 11 N–H and O–H groups in total. The second-order valence-corrected chi connectivity index (χ2v) is 10.2. The number of carbonyl (C=O) groups excluding carboxylic acids is 2. The minimum absolute atomic E-state index is 0.102. The minimum Gasteiger partial charge on any atom is -0.508 e. The van der Waals surface area contributed by atoms with Crippen molar-refractivity contribution in [1.29, 1.82) is 0 Å². The number of guanidine groups is 1. The number of carbonyl (C=O) groups is 2. The van der Waals surface area contributed by atoms with Crippen LogP contribution in [-0.2, 0) is 22.4 Å². The average Bonchev–Trinajstić information content (AvgIpc) is 3.40. The smallest absolute Gasteiger partial charge is 0.249 e. The maximum atomic E-state index is 13.8. The Morgan fingerprint density at radius 1 is 1.05 bits per heavy atom. The van der Waals surface area contributed by atoms with E-state index in [0.29, 0.717) is 31.6 Å². The maximum absolute atomic E-state index is 13.8. The predicted octanol–water partition coefficient (Wildman–Crippen LogP) is 0.597. The molecule has 0 saturated carbocycles. The van der Waals surface area contributed by atoms with Crippen molar-refractivity contribution < 1.29 is 19.2 Å². The molecule has 3 aromatic rings. The number of aliphatic imine (C=N–C) groups is 1. The Balaban J connectivity index is 1.82. The number of nitrogens with zero attached hydrogens (tertiary/aromatic N) is 3. The lowest BCUT2D eigenvalue weighted by molar-refractivity contribution is -0.130. The highest BCUT2D eigenvalue weighted by Crippen LogP contribution is 2.23. The van der Waals surface area contributed by atoms with Gasteiger partial charge in [0.2, 0.25) is 17.7 Å². The number of phenolic OH excluding ortho intramolecular Hbond substituents is 1. The number of amides is 2. The van der Waals surface area contributed by atoms with E-state index in [1.807, 2.05) is 44.2 Å². The molecule has 42 heavy (non-hydrogen) atoms. The number of hydrogen-bond acceptors (Lipinski definition) is 9. The predicted molar refractivity (Wildman–Crippen MR) is 159 cm³/mol. The van der Waals surface area contributed by atoms with Crippen LogP contribution in [0.4, 0.5) is 0 Å². The quantitative estimate of drug-likeness (QED) is 0.0977. The summed E-state index contributed by atoms with van der Waals surface area (Å²) in [5.74, 6) is -0.249. The molecule has 13 heteroatoms. The van der Waals surface area contributed by atoms with E-state index in [9.17, 15) is 14.7 Å². The second kappa shape index (κ2) is 15.5. The number of aromatic hydroxyl groups is 1. The molecule has 0 bridgehead atoms. The summed E-state index contributed by atoms with van der Waals surface area (Å²) >= 11 is 0. The van der Waals surface area contributed by atoms with Crippen molar-refractivity contribution in [2.45, 2.75) is 64.1 Å². The standard InChI is InChI=1S/C29H41N9O4/c1-17-13-20(39)14-18(2)21(17)16-24(36-26(40)22(31)10-12-34-29(32)33)27(41)35-23(9-6-11-30)28-37-25(38-42-28)15-19-7-4-3-5-8-19/h3-5,7-8,13-14,22-24,39H,6,9-12,15-16,30-31H2,1-2H3,(H,35,41)(H,36,40)(H4,32,33,34). The van der Waals surface area contributed by atoms with Gasteiger partial charge in [-0.3, -0.25) is 14.6 Å². The molecule has 0 aliphatic carbocycles. The summed E-state index contributed by atoms with van der Waals surface area (Å²) in [6.45, 7) is 4.22. The van der Waals surface area contributed by atoms with Gasteiger partial charge in [-0.1, -0.05) is 35.5 Å². The van der Waals surface area contributed by atoms with Crippen LogP contribution in [-0.4, -0.2) is 58.2 Å². The summed E-state index contributed by atoms with van der Waals surface area (Å²) in [5.41, 5.74) is 25.9. The highest BCUT2D eigenvalue weighted by atomic mass is 16.5. The second-order valence-electron chi connectivity index (χ2n) is 10.2. The van der Waals surface area contributed by atoms with Gasteiger partial charge in [0.25, 0.3) is 0 Å². The van der Waals surface area contributed by atoms with Crippen molar-refractivity contribution in [2.24, 2.45) is 27.9 Å². The molecule has 1 heterocycles. The number of phenols is 1. The van der Waals surface area contributed by atoms with Crippen molar-refractivity contribution in [1.82, 2.24) is 20.8 Å². The largest absolute Gasteiger partial charge is 0.508 e. The van der Waals surface area contributed by atoms with E-state index in [-0.39, 0.29) is 37.0 Å². The SMILES string of the molecule is Cc1cc(O)cc(C)c1CC(NC(=O)C(N)CCN=C(N)N)C(=O)NC(CCCN)c1nc(Cc2ccccc2)no1. The third-order valence-electron chi connectivity index (χ3n) is 6.79. The normalized spacial score (nSPS) is 13.1. The van der Waals surface area contributed by atoms with E-state index < -0.39 is 29.9 Å². The monoisotopic (exact) mass is 579 g/mol. The number of aryl methyl sites for hydroxylation is 2. The van der Waals surface area contributed by atoms with E-state index in [4.69, 9.17) is 27.5 Å². The minimum atomic E-state index is -0.999. The molecule has 0 saturated heterocycles. The highest BCUT2D eigenvalue weighted by Gasteiger charge is 2.29. The van der Waals surface area contributed by atoms with Crippen LogP contribution in [0, 0.1) is 13.8 Å². The lowest BCUT2D eigenvalue weighted by atomic mass is 9.95. The number of benzene rings is 2. The van der Waals surface area contributed by atoms with Crippen molar-refractivity contribution >= 4 is 17.8 Å². The van der Waals surface area contributed by atoms with Crippen LogP contribution in [0.5, 0.6) is 5.75 Å². The summed E-state index contributed by atoms with van der Waals surface area (Å²) in [6, 6.07) is 10.4. The first kappa shape index (κ1) is 32.0. The third-order valence-corrected chi connectivity index (χ3v) is 6.79. The number of nitrogens with one attached hydrogen (secondary N) is 2. The Labute approximate surface area is 245 Å². The molecule has 0 aliphatic rings. The van der Waals surface area contributed by atoms with Gasteiger partial charge in [-0.05, 0) is 74.0 Å². The maximum Gasteiger partial charge on any atom is 0.249 e. The van der Waals surface area contributed by atoms with Crippen molar-refractivity contribution in [3.8, 4) is 5.75 Å². The Hall–Kier alpha value is -4.49. The van der Waals surface area contributed by atoms with Crippen LogP contribution in [0.15, 0.2) is 52.0 Å². The Morgan fingerprint density at radius 3 is 2.38 bits per heavy atom. The topological polar surface area (TPSA) is 234 Å². The zero-order valence-corrected chi connectivity index (χ0v) is 24.0. The summed E-state index contributed by atoms with van der Waals surface area (Å²) in [7, 11) is 0. The Morgan fingerprint density at radius 2 is 1.74 bits per heavy atom. The Bertz CT molecular complexity index is 1330. The van der Waals surface area contributed by atoms with E-state index in [1.54, 1.807) is 12.1 Å². The molecular formula is C29H41N9O4. The molecule has 0 fully saturated rings. The van der Waals surface area contributed by atoms with E-state index in [2.05, 4.69) is 25.8 Å². The summed E-state index contributed by atoms with van der Waals surface area (Å²) in [5, 5.41) is 19.8. The van der Waals surface area contributed by atoms with Gasteiger partial charge in [0, 0.05) is 19.4 Å². The van der Waals surface area contributed by atoms with Crippen LogP contribution in [0.2, 0.25) is 0 Å². The molecule has 0 aliphatic heterocycles. The van der Waals surface area contributed by atoms with E-state index in [0.717, 1.165) is 22.3 Å². The van der Waals surface area contributed by atoms with Gasteiger partial charge in [0.05, 0.1) is 6.04 Å². The summed E-state index contributed by atoms with van der Waals surface area (Å²) < 4.78 is 5.54. The number of aromatic nitrogens is 2. The molecular weight excluding hydrogens is 538 g/mol.